The van der Waals surface area contributed by atoms with Gasteiger partial charge in [-0.2, -0.15) is 0 Å². The molecule has 2 heteroatoms. The highest BCUT2D eigenvalue weighted by Crippen LogP contribution is 2.36. The van der Waals surface area contributed by atoms with Crippen molar-refractivity contribution in [2.75, 3.05) is 13.1 Å². The molecule has 1 unspecified atom stereocenters. The van der Waals surface area contributed by atoms with Crippen molar-refractivity contribution >= 4 is 0 Å². The van der Waals surface area contributed by atoms with Crippen LogP contribution in [0.4, 0.5) is 0 Å². The van der Waals surface area contributed by atoms with Gasteiger partial charge in [-0.25, -0.2) is 0 Å². The van der Waals surface area contributed by atoms with E-state index in [1.807, 2.05) is 6.07 Å². The second-order valence-electron chi connectivity index (χ2n) is 6.40. The molecule has 0 aliphatic heterocycles. The molecule has 18 heavy (non-hydrogen) atoms. The predicted octanol–water partition coefficient (Wildman–Crippen LogP) is 3.03. The number of nitrogens with two attached hydrogens (primary N) is 1. The van der Waals surface area contributed by atoms with Crippen LogP contribution < -0.4 is 11.1 Å². The smallest absolute Gasteiger partial charge is 0.0507 e. The largest absolute Gasteiger partial charge is 0.321 e. The van der Waals surface area contributed by atoms with Gasteiger partial charge in [0.25, 0.3) is 0 Å². The van der Waals surface area contributed by atoms with Crippen molar-refractivity contribution in [1.82, 2.24) is 5.32 Å². The van der Waals surface area contributed by atoms with Crippen LogP contribution in [0.5, 0.6) is 0 Å². The molecule has 1 aromatic rings. The first kappa shape index (κ1) is 13.6. The Hall–Kier alpha value is -0.860. The molecule has 1 aliphatic rings. The molecule has 0 saturated heterocycles. The highest BCUT2D eigenvalue weighted by molar-refractivity contribution is 5.23. The van der Waals surface area contributed by atoms with Crippen LogP contribution in [0, 0.1) is 5.41 Å². The molecule has 1 aromatic carbocycles. The maximum Gasteiger partial charge on any atom is 0.0507 e. The maximum atomic E-state index is 6.40. The summed E-state index contributed by atoms with van der Waals surface area (Å²) in [6, 6.07) is 10.4. The predicted molar refractivity (Wildman–Crippen MR) is 77.4 cm³/mol. The first-order chi connectivity index (χ1) is 8.52. The fourth-order valence-electron chi connectivity index (χ4n) is 2.95. The quantitative estimate of drug-likeness (QED) is 0.838. The molecule has 0 radical (unpaired) electrons. The second-order valence-corrected chi connectivity index (χ2v) is 6.40. The van der Waals surface area contributed by atoms with Gasteiger partial charge in [0.2, 0.25) is 0 Å². The van der Waals surface area contributed by atoms with E-state index < -0.39 is 0 Å². The number of hydrogen-bond acceptors (Lipinski definition) is 2. The van der Waals surface area contributed by atoms with Crippen LogP contribution >= 0.6 is 0 Å². The fourth-order valence-corrected chi connectivity index (χ4v) is 2.95. The van der Waals surface area contributed by atoms with Gasteiger partial charge >= 0.3 is 0 Å². The average Bonchev–Trinajstić information content (AvgIpc) is 2.77. The molecular formula is C16H26N2. The van der Waals surface area contributed by atoms with Crippen molar-refractivity contribution in [3.63, 3.8) is 0 Å². The minimum atomic E-state index is -0.282. The normalized spacial score (nSPS) is 21.7. The van der Waals surface area contributed by atoms with Gasteiger partial charge in [-0.15, -0.1) is 0 Å². The third kappa shape index (κ3) is 3.33. The van der Waals surface area contributed by atoms with E-state index in [2.05, 4.69) is 43.4 Å². The summed E-state index contributed by atoms with van der Waals surface area (Å²) in [5, 5.41) is 3.58. The summed E-state index contributed by atoms with van der Waals surface area (Å²) in [5.74, 6) is 0. The van der Waals surface area contributed by atoms with E-state index in [-0.39, 0.29) is 5.54 Å². The molecule has 0 spiro atoms. The van der Waals surface area contributed by atoms with Crippen LogP contribution in [0.2, 0.25) is 0 Å². The summed E-state index contributed by atoms with van der Waals surface area (Å²) in [5.41, 5.74) is 7.82. The van der Waals surface area contributed by atoms with Crippen LogP contribution in [-0.4, -0.2) is 13.1 Å². The molecule has 0 amide bonds. The molecule has 1 aliphatic carbocycles. The van der Waals surface area contributed by atoms with Crippen molar-refractivity contribution in [1.29, 1.82) is 0 Å². The third-order valence-corrected chi connectivity index (χ3v) is 4.29. The molecule has 2 rings (SSSR count). The van der Waals surface area contributed by atoms with E-state index in [9.17, 15) is 0 Å². The average molecular weight is 246 g/mol. The first-order valence-corrected chi connectivity index (χ1v) is 7.07. The second kappa shape index (κ2) is 5.41. The minimum Gasteiger partial charge on any atom is -0.321 e. The topological polar surface area (TPSA) is 38.0 Å². The summed E-state index contributed by atoms with van der Waals surface area (Å²) in [4.78, 5) is 0. The highest BCUT2D eigenvalue weighted by Gasteiger charge is 2.29. The zero-order valence-electron chi connectivity index (χ0n) is 11.7. The zero-order valence-corrected chi connectivity index (χ0v) is 11.7. The standard InChI is InChI=1S/C16H26N2/c1-15(10-6-7-11-15)12-18-13-16(2,17)14-8-4-3-5-9-14/h3-5,8-9,18H,6-7,10-13,17H2,1-2H3. The Morgan fingerprint density at radius 1 is 1.22 bits per heavy atom. The minimum absolute atomic E-state index is 0.282. The van der Waals surface area contributed by atoms with E-state index in [0.717, 1.165) is 13.1 Å². The van der Waals surface area contributed by atoms with Crippen LogP contribution in [0.3, 0.4) is 0 Å². The summed E-state index contributed by atoms with van der Waals surface area (Å²) >= 11 is 0. The van der Waals surface area contributed by atoms with Crippen LogP contribution in [-0.2, 0) is 5.54 Å². The van der Waals surface area contributed by atoms with Crippen molar-refractivity contribution in [3.05, 3.63) is 35.9 Å². The lowest BCUT2D eigenvalue weighted by molar-refractivity contribution is 0.299. The van der Waals surface area contributed by atoms with Gasteiger partial charge in [0.1, 0.15) is 0 Å². The van der Waals surface area contributed by atoms with Crippen LogP contribution in [0.1, 0.15) is 45.1 Å². The van der Waals surface area contributed by atoms with E-state index in [1.54, 1.807) is 0 Å². The molecule has 0 bridgehead atoms. The van der Waals surface area contributed by atoms with E-state index in [1.165, 1.54) is 31.2 Å². The third-order valence-electron chi connectivity index (χ3n) is 4.29. The lowest BCUT2D eigenvalue weighted by Crippen LogP contribution is -2.45. The maximum absolute atomic E-state index is 6.40. The van der Waals surface area contributed by atoms with Gasteiger partial charge < -0.3 is 11.1 Å². The van der Waals surface area contributed by atoms with Crippen LogP contribution in [0.15, 0.2) is 30.3 Å². The molecule has 100 valence electrons. The highest BCUT2D eigenvalue weighted by atomic mass is 14.9. The Bertz CT molecular complexity index is 364. The van der Waals surface area contributed by atoms with Gasteiger partial charge in [0.15, 0.2) is 0 Å². The summed E-state index contributed by atoms with van der Waals surface area (Å²) in [7, 11) is 0. The Morgan fingerprint density at radius 3 is 2.44 bits per heavy atom. The van der Waals surface area contributed by atoms with Gasteiger partial charge in [-0.3, -0.25) is 0 Å². The van der Waals surface area contributed by atoms with E-state index in [0.29, 0.717) is 5.41 Å². The fraction of sp³-hybridized carbons (Fsp3) is 0.625. The van der Waals surface area contributed by atoms with Crippen molar-refractivity contribution in [2.45, 2.75) is 45.1 Å². The molecule has 3 N–H and O–H groups in total. The molecule has 0 heterocycles. The Morgan fingerprint density at radius 2 is 1.83 bits per heavy atom. The van der Waals surface area contributed by atoms with Crippen LogP contribution in [0.25, 0.3) is 0 Å². The van der Waals surface area contributed by atoms with Gasteiger partial charge in [0, 0.05) is 13.1 Å². The number of rotatable bonds is 5. The van der Waals surface area contributed by atoms with E-state index >= 15 is 0 Å². The van der Waals surface area contributed by atoms with Gasteiger partial charge in [-0.05, 0) is 30.7 Å². The molecule has 2 nitrogen and oxygen atoms in total. The van der Waals surface area contributed by atoms with Gasteiger partial charge in [0.05, 0.1) is 5.54 Å². The number of benzene rings is 1. The molecular weight excluding hydrogens is 220 g/mol. The Balaban J connectivity index is 1.86. The number of hydrogen-bond donors (Lipinski definition) is 2. The summed E-state index contributed by atoms with van der Waals surface area (Å²) in [6.45, 7) is 6.43. The Labute approximate surface area is 111 Å². The summed E-state index contributed by atoms with van der Waals surface area (Å²) < 4.78 is 0. The SMILES string of the molecule is CC1(CNCC(C)(N)c2ccccc2)CCCC1. The van der Waals surface area contributed by atoms with Crippen molar-refractivity contribution < 1.29 is 0 Å². The lowest BCUT2D eigenvalue weighted by Gasteiger charge is -2.29. The molecule has 1 fully saturated rings. The first-order valence-electron chi connectivity index (χ1n) is 7.07. The molecule has 0 aromatic heterocycles. The zero-order chi connectivity index (χ0) is 13.1. The summed E-state index contributed by atoms with van der Waals surface area (Å²) in [6.07, 6.45) is 5.48. The van der Waals surface area contributed by atoms with Gasteiger partial charge in [-0.1, -0.05) is 50.1 Å². The molecule has 1 saturated carbocycles. The Kier molecular flexibility index (Phi) is 4.08. The van der Waals surface area contributed by atoms with Crippen molar-refractivity contribution in [2.24, 2.45) is 11.1 Å². The van der Waals surface area contributed by atoms with Crippen molar-refractivity contribution in [3.8, 4) is 0 Å². The monoisotopic (exact) mass is 246 g/mol. The van der Waals surface area contributed by atoms with E-state index in [4.69, 9.17) is 5.73 Å². The number of nitrogens with one attached hydrogen (secondary N) is 1. The lowest BCUT2D eigenvalue weighted by atomic mass is 9.88. The molecule has 1 atom stereocenters.